The van der Waals surface area contributed by atoms with E-state index in [1.165, 1.54) is 0 Å². The molecule has 0 spiro atoms. The number of carbonyl (C=O) groups is 1. The van der Waals surface area contributed by atoms with Crippen molar-refractivity contribution in [2.45, 2.75) is 26.5 Å². The zero-order valence-corrected chi connectivity index (χ0v) is 14.0. The van der Waals surface area contributed by atoms with E-state index in [0.29, 0.717) is 17.2 Å². The van der Waals surface area contributed by atoms with Gasteiger partial charge in [0.15, 0.2) is 5.11 Å². The second-order valence-corrected chi connectivity index (χ2v) is 5.72. The molecule has 4 nitrogen and oxygen atoms in total. The van der Waals surface area contributed by atoms with Gasteiger partial charge in [0.25, 0.3) is 5.91 Å². The fourth-order valence-corrected chi connectivity index (χ4v) is 2.12. The quantitative estimate of drug-likeness (QED) is 0.827. The molecule has 0 heterocycles. The average molecular weight is 328 g/mol. The number of carbonyl (C=O) groups excluding carboxylic acids is 1. The van der Waals surface area contributed by atoms with Crippen LogP contribution in [-0.4, -0.2) is 17.1 Å². The van der Waals surface area contributed by atoms with Gasteiger partial charge in [-0.2, -0.15) is 0 Å². The molecule has 2 aromatic carbocycles. The first-order chi connectivity index (χ1) is 11.0. The highest BCUT2D eigenvalue weighted by Gasteiger charge is 2.08. The van der Waals surface area contributed by atoms with Crippen molar-refractivity contribution in [1.82, 2.24) is 10.6 Å². The van der Waals surface area contributed by atoms with Crippen LogP contribution < -0.4 is 15.4 Å². The van der Waals surface area contributed by atoms with Crippen LogP contribution in [0.1, 0.15) is 29.8 Å². The summed E-state index contributed by atoms with van der Waals surface area (Å²) in [5, 5.41) is 5.99. The van der Waals surface area contributed by atoms with Crippen LogP contribution in [0.2, 0.25) is 0 Å². The lowest BCUT2D eigenvalue weighted by Crippen LogP contribution is -2.38. The molecule has 0 fully saturated rings. The fourth-order valence-electron chi connectivity index (χ4n) is 1.95. The second kappa shape index (κ2) is 8.29. The van der Waals surface area contributed by atoms with Crippen LogP contribution in [0.25, 0.3) is 0 Å². The van der Waals surface area contributed by atoms with Gasteiger partial charge in [0, 0.05) is 12.1 Å². The number of hydrogen-bond donors (Lipinski definition) is 2. The zero-order chi connectivity index (χ0) is 16.7. The number of nitrogens with one attached hydrogen (secondary N) is 2. The highest BCUT2D eigenvalue weighted by Crippen LogP contribution is 2.13. The molecule has 0 saturated carbocycles. The van der Waals surface area contributed by atoms with E-state index in [4.69, 9.17) is 17.0 Å². The van der Waals surface area contributed by atoms with Crippen LogP contribution in [0.15, 0.2) is 54.6 Å². The Morgan fingerprint density at radius 2 is 1.74 bits per heavy atom. The fraction of sp³-hybridized carbons (Fsp3) is 0.222. The summed E-state index contributed by atoms with van der Waals surface area (Å²) in [5.41, 5.74) is 1.63. The Morgan fingerprint density at radius 1 is 1.09 bits per heavy atom. The Labute approximate surface area is 141 Å². The maximum Gasteiger partial charge on any atom is 0.257 e. The minimum Gasteiger partial charge on any atom is -0.491 e. The lowest BCUT2D eigenvalue weighted by Gasteiger charge is -2.11. The standard InChI is InChI=1S/C18H20N2O2S/c1-13(2)22-16-10-8-15(9-11-16)17(21)20-18(23)19-12-14-6-4-3-5-7-14/h3-11,13H,12H2,1-2H3,(H2,19,20,21,23). The van der Waals surface area contributed by atoms with E-state index < -0.39 is 0 Å². The molecule has 2 rings (SSSR count). The molecule has 0 aliphatic carbocycles. The van der Waals surface area contributed by atoms with Gasteiger partial charge in [0.05, 0.1) is 6.10 Å². The Hall–Kier alpha value is -2.40. The molecule has 0 radical (unpaired) electrons. The molecule has 23 heavy (non-hydrogen) atoms. The van der Waals surface area contributed by atoms with E-state index in [0.717, 1.165) is 11.3 Å². The number of rotatable bonds is 5. The van der Waals surface area contributed by atoms with Crippen LogP contribution in [-0.2, 0) is 6.54 Å². The van der Waals surface area contributed by atoms with Crippen molar-refractivity contribution < 1.29 is 9.53 Å². The molecule has 0 unspecified atom stereocenters. The summed E-state index contributed by atoms with van der Waals surface area (Å²) in [6, 6.07) is 16.8. The topological polar surface area (TPSA) is 50.4 Å². The SMILES string of the molecule is CC(C)Oc1ccc(C(=O)NC(=S)NCc2ccccc2)cc1. The maximum atomic E-state index is 12.1. The van der Waals surface area contributed by atoms with Crippen molar-refractivity contribution in [2.24, 2.45) is 0 Å². The average Bonchev–Trinajstić information content (AvgIpc) is 2.54. The van der Waals surface area contributed by atoms with Gasteiger partial charge >= 0.3 is 0 Å². The monoisotopic (exact) mass is 328 g/mol. The Bertz CT molecular complexity index is 654. The highest BCUT2D eigenvalue weighted by atomic mass is 32.1. The molecule has 2 N–H and O–H groups in total. The summed E-state index contributed by atoms with van der Waals surface area (Å²) in [5.74, 6) is 0.494. The first-order valence-electron chi connectivity index (χ1n) is 7.44. The van der Waals surface area contributed by atoms with E-state index in [1.54, 1.807) is 24.3 Å². The number of amides is 1. The third kappa shape index (κ3) is 5.71. The molecule has 0 bridgehead atoms. The van der Waals surface area contributed by atoms with Crippen LogP contribution in [0.5, 0.6) is 5.75 Å². The summed E-state index contributed by atoms with van der Waals surface area (Å²) in [4.78, 5) is 12.1. The number of ether oxygens (including phenoxy) is 1. The van der Waals surface area contributed by atoms with Crippen LogP contribution in [0.3, 0.4) is 0 Å². The lowest BCUT2D eigenvalue weighted by atomic mass is 10.2. The van der Waals surface area contributed by atoms with Crippen molar-refractivity contribution in [2.75, 3.05) is 0 Å². The van der Waals surface area contributed by atoms with Crippen LogP contribution in [0.4, 0.5) is 0 Å². The van der Waals surface area contributed by atoms with Crippen molar-refractivity contribution in [3.05, 3.63) is 65.7 Å². The molecule has 0 aliphatic rings. The Balaban J connectivity index is 1.84. The third-order valence-electron chi connectivity index (χ3n) is 3.01. The highest BCUT2D eigenvalue weighted by molar-refractivity contribution is 7.80. The minimum atomic E-state index is -0.244. The molecular weight excluding hydrogens is 308 g/mol. The van der Waals surface area contributed by atoms with E-state index >= 15 is 0 Å². The second-order valence-electron chi connectivity index (χ2n) is 5.31. The molecule has 1 amide bonds. The van der Waals surface area contributed by atoms with Crippen molar-refractivity contribution in [3.63, 3.8) is 0 Å². The van der Waals surface area contributed by atoms with Gasteiger partial charge in [-0.15, -0.1) is 0 Å². The van der Waals surface area contributed by atoms with Gasteiger partial charge in [-0.05, 0) is 55.9 Å². The smallest absolute Gasteiger partial charge is 0.257 e. The molecule has 2 aromatic rings. The van der Waals surface area contributed by atoms with Crippen molar-refractivity contribution in [3.8, 4) is 5.75 Å². The van der Waals surface area contributed by atoms with Crippen molar-refractivity contribution in [1.29, 1.82) is 0 Å². The predicted octanol–water partition coefficient (Wildman–Crippen LogP) is 3.28. The van der Waals surface area contributed by atoms with E-state index in [-0.39, 0.29) is 12.0 Å². The summed E-state index contributed by atoms with van der Waals surface area (Å²) in [7, 11) is 0. The molecule has 5 heteroatoms. The molecule has 0 aliphatic heterocycles. The Morgan fingerprint density at radius 3 is 2.35 bits per heavy atom. The maximum absolute atomic E-state index is 12.1. The third-order valence-corrected chi connectivity index (χ3v) is 3.26. The molecular formula is C18H20N2O2S. The molecule has 0 atom stereocenters. The molecule has 0 aromatic heterocycles. The van der Waals surface area contributed by atoms with Gasteiger partial charge in [-0.3, -0.25) is 10.1 Å². The lowest BCUT2D eigenvalue weighted by molar-refractivity contribution is 0.0976. The number of hydrogen-bond acceptors (Lipinski definition) is 3. The minimum absolute atomic E-state index is 0.101. The summed E-state index contributed by atoms with van der Waals surface area (Å²) in [6.45, 7) is 4.48. The largest absolute Gasteiger partial charge is 0.491 e. The number of thiocarbonyl (C=S) groups is 1. The summed E-state index contributed by atoms with van der Waals surface area (Å²) < 4.78 is 5.55. The molecule has 120 valence electrons. The summed E-state index contributed by atoms with van der Waals surface area (Å²) >= 11 is 5.14. The van der Waals surface area contributed by atoms with Gasteiger partial charge in [-0.1, -0.05) is 30.3 Å². The van der Waals surface area contributed by atoms with Gasteiger partial charge in [-0.25, -0.2) is 0 Å². The van der Waals surface area contributed by atoms with Gasteiger partial charge < -0.3 is 10.1 Å². The Kier molecular flexibility index (Phi) is 6.11. The normalized spacial score (nSPS) is 10.2. The summed E-state index contributed by atoms with van der Waals surface area (Å²) in [6.07, 6.45) is 0.101. The van der Waals surface area contributed by atoms with Crippen LogP contribution in [0, 0.1) is 0 Å². The first-order valence-corrected chi connectivity index (χ1v) is 7.85. The number of benzene rings is 2. The van der Waals surface area contributed by atoms with E-state index in [2.05, 4.69) is 10.6 Å². The van der Waals surface area contributed by atoms with Gasteiger partial charge in [0.2, 0.25) is 0 Å². The van der Waals surface area contributed by atoms with Crippen molar-refractivity contribution >= 4 is 23.2 Å². The first kappa shape index (κ1) is 17.0. The zero-order valence-electron chi connectivity index (χ0n) is 13.2. The van der Waals surface area contributed by atoms with E-state index in [1.807, 2.05) is 44.2 Å². The van der Waals surface area contributed by atoms with Gasteiger partial charge in [0.1, 0.15) is 5.75 Å². The van der Waals surface area contributed by atoms with Crippen LogP contribution >= 0.6 is 12.2 Å². The van der Waals surface area contributed by atoms with E-state index in [9.17, 15) is 4.79 Å². The molecule has 0 saturated heterocycles. The predicted molar refractivity (Wildman–Crippen MR) is 95.6 cm³/mol.